The van der Waals surface area contributed by atoms with Crippen LogP contribution in [0.1, 0.15) is 10.5 Å². The zero-order chi connectivity index (χ0) is 14.7. The van der Waals surface area contributed by atoms with E-state index in [1.165, 1.54) is 0 Å². The lowest BCUT2D eigenvalue weighted by Crippen LogP contribution is -2.15. The molecule has 1 amide bonds. The first-order valence-corrected chi connectivity index (χ1v) is 5.58. The zero-order valence-electron chi connectivity index (χ0n) is 9.71. The molecule has 0 saturated heterocycles. The number of nitro benzene ring substituents is 1. The van der Waals surface area contributed by atoms with E-state index in [1.807, 2.05) is 0 Å². The highest BCUT2D eigenvalue weighted by molar-refractivity contribution is 6.29. The minimum Gasteiger partial charge on any atom is -0.315 e. The summed E-state index contributed by atoms with van der Waals surface area (Å²) in [5.41, 5.74) is -0.800. The Morgan fingerprint density at radius 2 is 2.10 bits per heavy atom. The third-order valence-electron chi connectivity index (χ3n) is 2.26. The number of rotatable bonds is 3. The molecule has 20 heavy (non-hydrogen) atoms. The van der Waals surface area contributed by atoms with Gasteiger partial charge in [-0.25, -0.2) is 14.4 Å². The standard InChI is InChI=1S/C11H6ClFN4O3/c12-10-5-14-8(4-15-10)11(18)16-7-3-6(13)1-2-9(7)17(19)20/h1-5H,(H,16,18). The summed E-state index contributed by atoms with van der Waals surface area (Å²) in [4.78, 5) is 29.2. The van der Waals surface area contributed by atoms with E-state index in [0.29, 0.717) is 0 Å². The van der Waals surface area contributed by atoms with Gasteiger partial charge in [-0.15, -0.1) is 0 Å². The maximum atomic E-state index is 13.1. The van der Waals surface area contributed by atoms with Crippen molar-refractivity contribution in [2.24, 2.45) is 0 Å². The van der Waals surface area contributed by atoms with Crippen molar-refractivity contribution in [1.29, 1.82) is 0 Å². The molecule has 0 aliphatic carbocycles. The molecule has 1 aromatic carbocycles. The first kappa shape index (κ1) is 13.8. The van der Waals surface area contributed by atoms with E-state index in [-0.39, 0.29) is 16.5 Å². The average Bonchev–Trinajstić information content (AvgIpc) is 2.39. The van der Waals surface area contributed by atoms with Gasteiger partial charge in [0, 0.05) is 12.1 Å². The number of nitrogens with one attached hydrogen (secondary N) is 1. The highest BCUT2D eigenvalue weighted by Crippen LogP contribution is 2.25. The molecular formula is C11H6ClFN4O3. The summed E-state index contributed by atoms with van der Waals surface area (Å²) < 4.78 is 13.1. The molecule has 0 radical (unpaired) electrons. The fourth-order valence-electron chi connectivity index (χ4n) is 1.38. The van der Waals surface area contributed by atoms with Crippen molar-refractivity contribution in [2.75, 3.05) is 5.32 Å². The fourth-order valence-corrected chi connectivity index (χ4v) is 1.48. The molecule has 0 aliphatic heterocycles. The number of carbonyl (C=O) groups is 1. The summed E-state index contributed by atoms with van der Waals surface area (Å²) in [6.45, 7) is 0. The van der Waals surface area contributed by atoms with Crippen LogP contribution in [0.3, 0.4) is 0 Å². The van der Waals surface area contributed by atoms with Crippen LogP contribution in [0, 0.1) is 15.9 Å². The minimum absolute atomic E-state index is 0.0956. The normalized spacial score (nSPS) is 10.1. The predicted octanol–water partition coefficient (Wildman–Crippen LogP) is 2.43. The summed E-state index contributed by atoms with van der Waals surface area (Å²) in [7, 11) is 0. The van der Waals surface area contributed by atoms with Gasteiger partial charge < -0.3 is 5.32 Å². The Kier molecular flexibility index (Phi) is 3.85. The van der Waals surface area contributed by atoms with Crippen molar-refractivity contribution in [3.05, 3.63) is 57.4 Å². The molecule has 0 bridgehead atoms. The molecule has 2 aromatic rings. The molecule has 102 valence electrons. The van der Waals surface area contributed by atoms with E-state index in [2.05, 4.69) is 15.3 Å². The van der Waals surface area contributed by atoms with Gasteiger partial charge in [0.2, 0.25) is 0 Å². The zero-order valence-corrected chi connectivity index (χ0v) is 10.5. The van der Waals surface area contributed by atoms with Crippen LogP contribution in [0.25, 0.3) is 0 Å². The lowest BCUT2D eigenvalue weighted by Gasteiger charge is -2.05. The molecule has 9 heteroatoms. The van der Waals surface area contributed by atoms with Crippen LogP contribution in [-0.2, 0) is 0 Å². The van der Waals surface area contributed by atoms with Crippen molar-refractivity contribution < 1.29 is 14.1 Å². The van der Waals surface area contributed by atoms with Crippen LogP contribution in [0.2, 0.25) is 5.15 Å². The topological polar surface area (TPSA) is 98.0 Å². The van der Waals surface area contributed by atoms with Crippen molar-refractivity contribution in [3.8, 4) is 0 Å². The van der Waals surface area contributed by atoms with Crippen LogP contribution >= 0.6 is 11.6 Å². The van der Waals surface area contributed by atoms with Crippen LogP contribution in [0.4, 0.5) is 15.8 Å². The number of hydrogen-bond donors (Lipinski definition) is 1. The monoisotopic (exact) mass is 296 g/mol. The molecule has 0 saturated carbocycles. The van der Waals surface area contributed by atoms with Crippen LogP contribution < -0.4 is 5.32 Å². The second-order valence-corrected chi connectivity index (χ2v) is 3.98. The summed E-state index contributed by atoms with van der Waals surface area (Å²) in [5.74, 6) is -1.48. The summed E-state index contributed by atoms with van der Waals surface area (Å²) in [5, 5.41) is 13.1. The number of nitrogens with zero attached hydrogens (tertiary/aromatic N) is 3. The Morgan fingerprint density at radius 1 is 1.35 bits per heavy atom. The Morgan fingerprint density at radius 3 is 2.70 bits per heavy atom. The smallest absolute Gasteiger partial charge is 0.292 e. The van der Waals surface area contributed by atoms with Gasteiger partial charge in [-0.1, -0.05) is 11.6 Å². The number of nitro groups is 1. The second kappa shape index (κ2) is 5.57. The second-order valence-electron chi connectivity index (χ2n) is 3.60. The molecule has 0 aliphatic rings. The molecule has 0 atom stereocenters. The van der Waals surface area contributed by atoms with Crippen LogP contribution in [0.5, 0.6) is 0 Å². The van der Waals surface area contributed by atoms with E-state index < -0.39 is 22.3 Å². The molecule has 1 aromatic heterocycles. The Balaban J connectivity index is 2.29. The summed E-state index contributed by atoms with van der Waals surface area (Å²) in [6, 6.07) is 2.73. The molecule has 0 fully saturated rings. The van der Waals surface area contributed by atoms with Gasteiger partial charge in [0.1, 0.15) is 22.4 Å². The first-order chi connectivity index (χ1) is 9.47. The Bertz CT molecular complexity index is 678. The number of anilines is 1. The predicted molar refractivity (Wildman–Crippen MR) is 68.0 cm³/mol. The number of hydrogen-bond acceptors (Lipinski definition) is 5. The Labute approximate surface area is 116 Å². The lowest BCUT2D eigenvalue weighted by molar-refractivity contribution is -0.384. The third kappa shape index (κ3) is 3.04. The van der Waals surface area contributed by atoms with Crippen molar-refractivity contribution >= 4 is 28.9 Å². The largest absolute Gasteiger partial charge is 0.315 e. The van der Waals surface area contributed by atoms with Crippen molar-refractivity contribution in [3.63, 3.8) is 0 Å². The Hall–Kier alpha value is -2.61. The molecule has 1 N–H and O–H groups in total. The summed E-state index contributed by atoms with van der Waals surface area (Å²) in [6.07, 6.45) is 2.25. The highest BCUT2D eigenvalue weighted by Gasteiger charge is 2.18. The highest BCUT2D eigenvalue weighted by atomic mass is 35.5. The van der Waals surface area contributed by atoms with E-state index >= 15 is 0 Å². The van der Waals surface area contributed by atoms with E-state index in [9.17, 15) is 19.3 Å². The number of amides is 1. The van der Waals surface area contributed by atoms with Crippen LogP contribution in [-0.4, -0.2) is 20.8 Å². The molecule has 1 heterocycles. The molecule has 2 rings (SSSR count). The number of aromatic nitrogens is 2. The van der Waals surface area contributed by atoms with E-state index in [4.69, 9.17) is 11.6 Å². The van der Waals surface area contributed by atoms with Gasteiger partial charge in [-0.3, -0.25) is 14.9 Å². The number of halogens is 2. The van der Waals surface area contributed by atoms with E-state index in [1.54, 1.807) is 0 Å². The lowest BCUT2D eigenvalue weighted by atomic mass is 10.2. The van der Waals surface area contributed by atoms with Crippen molar-refractivity contribution in [2.45, 2.75) is 0 Å². The minimum atomic E-state index is -0.761. The van der Waals surface area contributed by atoms with Crippen LogP contribution in [0.15, 0.2) is 30.6 Å². The van der Waals surface area contributed by atoms with Gasteiger partial charge in [0.25, 0.3) is 11.6 Å². The van der Waals surface area contributed by atoms with Crippen molar-refractivity contribution in [1.82, 2.24) is 9.97 Å². The first-order valence-electron chi connectivity index (χ1n) is 5.20. The van der Waals surface area contributed by atoms with E-state index in [0.717, 1.165) is 30.6 Å². The van der Waals surface area contributed by atoms with Gasteiger partial charge in [0.05, 0.1) is 17.3 Å². The SMILES string of the molecule is O=C(Nc1cc(F)ccc1[N+](=O)[O-])c1cnc(Cl)cn1. The third-order valence-corrected chi connectivity index (χ3v) is 2.45. The number of carbonyl (C=O) groups excluding carboxylic acids is 1. The molecule has 0 spiro atoms. The molecular weight excluding hydrogens is 291 g/mol. The van der Waals surface area contributed by atoms with Gasteiger partial charge >= 0.3 is 0 Å². The molecule has 0 unspecified atom stereocenters. The van der Waals surface area contributed by atoms with Gasteiger partial charge in [-0.2, -0.15) is 0 Å². The van der Waals surface area contributed by atoms with Gasteiger partial charge in [-0.05, 0) is 6.07 Å². The van der Waals surface area contributed by atoms with Gasteiger partial charge in [0.15, 0.2) is 0 Å². The quantitative estimate of drug-likeness (QED) is 0.693. The maximum absolute atomic E-state index is 13.1. The molecule has 7 nitrogen and oxygen atoms in total. The fraction of sp³-hybridized carbons (Fsp3) is 0. The summed E-state index contributed by atoms with van der Waals surface area (Å²) >= 11 is 5.52. The maximum Gasteiger partial charge on any atom is 0.292 e. The average molecular weight is 297 g/mol. The number of benzene rings is 1.